The van der Waals surface area contributed by atoms with E-state index in [1.165, 1.54) is 18.2 Å². The summed E-state index contributed by atoms with van der Waals surface area (Å²) in [7, 11) is 0. The van der Waals surface area contributed by atoms with Crippen LogP contribution in [-0.4, -0.2) is 24.8 Å². The summed E-state index contributed by atoms with van der Waals surface area (Å²) in [5.74, 6) is -1.61. The quantitative estimate of drug-likeness (QED) is 0.584. The van der Waals surface area contributed by atoms with Crippen LogP contribution in [0.2, 0.25) is 0 Å². The molecule has 0 atom stereocenters. The van der Waals surface area contributed by atoms with Crippen LogP contribution in [0.1, 0.15) is 16.7 Å². The van der Waals surface area contributed by atoms with E-state index in [9.17, 15) is 22.8 Å². The van der Waals surface area contributed by atoms with E-state index in [0.717, 1.165) is 29.3 Å². The van der Waals surface area contributed by atoms with Gasteiger partial charge in [-0.05, 0) is 54.8 Å². The molecule has 0 radical (unpaired) electrons. The van der Waals surface area contributed by atoms with Gasteiger partial charge in [0.05, 0.1) is 0 Å². The lowest BCUT2D eigenvalue weighted by molar-refractivity contribution is -0.274. The molecule has 148 valence electrons. The van der Waals surface area contributed by atoms with E-state index < -0.39 is 24.8 Å². The first-order valence-corrected chi connectivity index (χ1v) is 8.21. The van der Waals surface area contributed by atoms with Crippen molar-refractivity contribution in [3.05, 3.63) is 65.2 Å². The molecule has 2 aromatic rings. The number of anilines is 1. The number of alkyl halides is 3. The van der Waals surface area contributed by atoms with Gasteiger partial charge < -0.3 is 14.8 Å². The number of ether oxygens (including phenoxy) is 2. The minimum Gasteiger partial charge on any atom is -0.452 e. The van der Waals surface area contributed by atoms with Gasteiger partial charge >= 0.3 is 12.3 Å². The molecule has 28 heavy (non-hydrogen) atoms. The van der Waals surface area contributed by atoms with Gasteiger partial charge in [-0.25, -0.2) is 4.79 Å². The van der Waals surface area contributed by atoms with Gasteiger partial charge in [0.1, 0.15) is 5.75 Å². The average molecular weight is 393 g/mol. The highest BCUT2D eigenvalue weighted by Crippen LogP contribution is 2.23. The predicted octanol–water partition coefficient (Wildman–Crippen LogP) is 4.40. The Bertz CT molecular complexity index is 874. The molecule has 2 rings (SSSR count). The average Bonchev–Trinajstić information content (AvgIpc) is 2.62. The molecule has 1 amide bonds. The molecule has 0 spiro atoms. The highest BCUT2D eigenvalue weighted by molar-refractivity contribution is 5.95. The molecule has 1 N–H and O–H groups in total. The first-order chi connectivity index (χ1) is 13.1. The van der Waals surface area contributed by atoms with E-state index in [1.54, 1.807) is 12.1 Å². The van der Waals surface area contributed by atoms with Crippen molar-refractivity contribution in [1.29, 1.82) is 0 Å². The number of carbonyl (C=O) groups excluding carboxylic acids is 2. The number of hydrogen-bond donors (Lipinski definition) is 1. The third kappa shape index (κ3) is 6.79. The van der Waals surface area contributed by atoms with Gasteiger partial charge in [0.15, 0.2) is 6.61 Å². The Morgan fingerprint density at radius 3 is 2.39 bits per heavy atom. The van der Waals surface area contributed by atoms with Crippen molar-refractivity contribution >= 4 is 23.6 Å². The number of nitrogens with one attached hydrogen (secondary N) is 1. The van der Waals surface area contributed by atoms with Crippen LogP contribution >= 0.6 is 0 Å². The molecule has 8 heteroatoms. The first kappa shape index (κ1) is 21.0. The van der Waals surface area contributed by atoms with Gasteiger partial charge in [-0.2, -0.15) is 0 Å². The molecule has 0 saturated carbocycles. The minimum absolute atomic E-state index is 0.365. The fourth-order valence-corrected chi connectivity index (χ4v) is 2.20. The first-order valence-electron chi connectivity index (χ1n) is 8.21. The van der Waals surface area contributed by atoms with Crippen molar-refractivity contribution in [3.63, 3.8) is 0 Å². The van der Waals surface area contributed by atoms with Gasteiger partial charge in [-0.15, -0.1) is 13.2 Å². The van der Waals surface area contributed by atoms with Crippen LogP contribution in [0.15, 0.2) is 48.5 Å². The number of benzene rings is 2. The van der Waals surface area contributed by atoms with Gasteiger partial charge in [-0.1, -0.05) is 24.3 Å². The van der Waals surface area contributed by atoms with E-state index >= 15 is 0 Å². The lowest BCUT2D eigenvalue weighted by Gasteiger charge is -2.10. The standard InChI is InChI=1S/C20H18F3NO4/c1-13-4-3-5-17(14(13)2)24-18(25)12-27-19(26)11-8-15-6-9-16(10-7-15)28-20(21,22)23/h3-11H,12H2,1-2H3,(H,24,25)/b11-8+. The summed E-state index contributed by atoms with van der Waals surface area (Å²) < 4.78 is 44.9. The Kier molecular flexibility index (Phi) is 6.81. The van der Waals surface area contributed by atoms with Crippen LogP contribution < -0.4 is 10.1 Å². The van der Waals surface area contributed by atoms with Crippen LogP contribution in [0.4, 0.5) is 18.9 Å². The summed E-state index contributed by atoms with van der Waals surface area (Å²) in [5, 5.41) is 2.66. The van der Waals surface area contributed by atoms with Crippen molar-refractivity contribution in [1.82, 2.24) is 0 Å². The molecule has 0 aliphatic rings. The van der Waals surface area contributed by atoms with Crippen LogP contribution in [0.5, 0.6) is 5.75 Å². The number of aryl methyl sites for hydroxylation is 1. The number of esters is 1. The fraction of sp³-hybridized carbons (Fsp3) is 0.200. The molecule has 0 saturated heterocycles. The number of hydrogen-bond acceptors (Lipinski definition) is 4. The maximum absolute atomic E-state index is 12.1. The van der Waals surface area contributed by atoms with Crippen molar-refractivity contribution in [2.75, 3.05) is 11.9 Å². The van der Waals surface area contributed by atoms with E-state index in [4.69, 9.17) is 4.74 Å². The summed E-state index contributed by atoms with van der Waals surface area (Å²) in [6.07, 6.45) is -2.34. The number of amides is 1. The van der Waals surface area contributed by atoms with E-state index in [2.05, 4.69) is 10.1 Å². The summed E-state index contributed by atoms with van der Waals surface area (Å²) >= 11 is 0. The minimum atomic E-state index is -4.77. The van der Waals surface area contributed by atoms with E-state index in [-0.39, 0.29) is 5.75 Å². The second-order valence-corrected chi connectivity index (χ2v) is 5.85. The van der Waals surface area contributed by atoms with Crippen LogP contribution in [0.25, 0.3) is 6.08 Å². The third-order valence-corrected chi connectivity index (χ3v) is 3.75. The molecule has 2 aromatic carbocycles. The van der Waals surface area contributed by atoms with E-state index in [1.807, 2.05) is 19.9 Å². The molecule has 0 heterocycles. The smallest absolute Gasteiger partial charge is 0.452 e. The summed E-state index contributed by atoms with van der Waals surface area (Å²) in [6, 6.07) is 10.4. The largest absolute Gasteiger partial charge is 0.573 e. The SMILES string of the molecule is Cc1cccc(NC(=O)COC(=O)/C=C/c2ccc(OC(F)(F)F)cc2)c1C. The summed E-state index contributed by atoms with van der Waals surface area (Å²) in [5.41, 5.74) is 3.04. The summed E-state index contributed by atoms with van der Waals surface area (Å²) in [4.78, 5) is 23.6. The molecule has 0 bridgehead atoms. The zero-order valence-electron chi connectivity index (χ0n) is 15.2. The van der Waals surface area contributed by atoms with Gasteiger partial charge in [0.25, 0.3) is 5.91 Å². The van der Waals surface area contributed by atoms with Crippen molar-refractivity contribution in [2.24, 2.45) is 0 Å². The Morgan fingerprint density at radius 1 is 1.07 bits per heavy atom. The summed E-state index contributed by atoms with van der Waals surface area (Å²) in [6.45, 7) is 3.32. The molecular weight excluding hydrogens is 375 g/mol. The second-order valence-electron chi connectivity index (χ2n) is 5.85. The molecule has 0 aromatic heterocycles. The molecule has 5 nitrogen and oxygen atoms in total. The van der Waals surface area contributed by atoms with Gasteiger partial charge in [0, 0.05) is 11.8 Å². The Hall–Kier alpha value is -3.29. The second kappa shape index (κ2) is 9.07. The van der Waals surface area contributed by atoms with Crippen molar-refractivity contribution in [2.45, 2.75) is 20.2 Å². The highest BCUT2D eigenvalue weighted by Gasteiger charge is 2.30. The number of carbonyl (C=O) groups is 2. The van der Waals surface area contributed by atoms with Gasteiger partial charge in [0.2, 0.25) is 0 Å². The van der Waals surface area contributed by atoms with Crippen molar-refractivity contribution < 1.29 is 32.2 Å². The lowest BCUT2D eigenvalue weighted by Crippen LogP contribution is -2.20. The predicted molar refractivity (Wildman–Crippen MR) is 97.7 cm³/mol. The van der Waals surface area contributed by atoms with Crippen LogP contribution in [0, 0.1) is 13.8 Å². The zero-order valence-corrected chi connectivity index (χ0v) is 15.2. The van der Waals surface area contributed by atoms with Crippen LogP contribution in [0.3, 0.4) is 0 Å². The normalized spacial score (nSPS) is 11.3. The molecule has 0 fully saturated rings. The fourth-order valence-electron chi connectivity index (χ4n) is 2.20. The molecule has 0 aliphatic heterocycles. The third-order valence-electron chi connectivity index (χ3n) is 3.75. The van der Waals surface area contributed by atoms with Gasteiger partial charge in [-0.3, -0.25) is 4.79 Å². The monoisotopic (exact) mass is 393 g/mol. The Labute approximate surface area is 159 Å². The van der Waals surface area contributed by atoms with E-state index in [0.29, 0.717) is 11.3 Å². The molecular formula is C20H18F3NO4. The highest BCUT2D eigenvalue weighted by atomic mass is 19.4. The molecule has 0 aliphatic carbocycles. The maximum Gasteiger partial charge on any atom is 0.573 e. The Morgan fingerprint density at radius 2 is 1.75 bits per heavy atom. The Balaban J connectivity index is 1.83. The van der Waals surface area contributed by atoms with Crippen LogP contribution in [-0.2, 0) is 14.3 Å². The van der Waals surface area contributed by atoms with Crippen molar-refractivity contribution in [3.8, 4) is 5.75 Å². The number of halogens is 3. The lowest BCUT2D eigenvalue weighted by atomic mass is 10.1. The zero-order chi connectivity index (χ0) is 20.7. The maximum atomic E-state index is 12.1. The number of rotatable bonds is 6. The molecule has 0 unspecified atom stereocenters. The topological polar surface area (TPSA) is 64.6 Å².